The summed E-state index contributed by atoms with van der Waals surface area (Å²) >= 11 is 0. The first kappa shape index (κ1) is 20.4. The van der Waals surface area contributed by atoms with E-state index in [1.54, 1.807) is 18.0 Å². The zero-order valence-corrected chi connectivity index (χ0v) is 16.1. The number of piperidine rings is 1. The molecular formula is C19H27ClN4O2. The lowest BCUT2D eigenvalue weighted by molar-refractivity contribution is 0.0511. The van der Waals surface area contributed by atoms with Gasteiger partial charge < -0.3 is 15.4 Å². The molecule has 3 rings (SSSR count). The van der Waals surface area contributed by atoms with E-state index < -0.39 is 0 Å². The molecule has 1 aromatic heterocycles. The number of ether oxygens (including phenoxy) is 1. The van der Waals surface area contributed by atoms with Gasteiger partial charge in [0.05, 0.1) is 23.6 Å². The maximum Gasteiger partial charge on any atom is 0.254 e. The highest BCUT2D eigenvalue weighted by Crippen LogP contribution is 2.28. The van der Waals surface area contributed by atoms with Crippen LogP contribution in [0.15, 0.2) is 36.5 Å². The van der Waals surface area contributed by atoms with Gasteiger partial charge in [-0.3, -0.25) is 4.79 Å². The molecule has 1 aromatic carbocycles. The first-order valence-corrected chi connectivity index (χ1v) is 8.73. The minimum atomic E-state index is -0.0753. The molecule has 7 heteroatoms. The topological polar surface area (TPSA) is 68.2 Å². The second-order valence-corrected chi connectivity index (χ2v) is 6.77. The number of halogens is 1. The highest BCUT2D eigenvalue weighted by Gasteiger charge is 2.32. The van der Waals surface area contributed by atoms with Crippen LogP contribution in [0.5, 0.6) is 0 Å². The molecule has 6 nitrogen and oxygen atoms in total. The normalized spacial score (nSPS) is 15.9. The molecule has 2 aromatic rings. The van der Waals surface area contributed by atoms with Crippen molar-refractivity contribution in [1.82, 2.24) is 20.4 Å². The fraction of sp³-hybridized carbons (Fsp3) is 0.474. The molecule has 26 heavy (non-hydrogen) atoms. The number of amides is 1. The fourth-order valence-corrected chi connectivity index (χ4v) is 3.39. The molecule has 0 spiro atoms. The molecule has 1 aliphatic rings. The number of benzene rings is 1. The van der Waals surface area contributed by atoms with E-state index in [0.29, 0.717) is 18.7 Å². The monoisotopic (exact) mass is 378 g/mol. The van der Waals surface area contributed by atoms with Crippen molar-refractivity contribution in [2.45, 2.75) is 19.8 Å². The van der Waals surface area contributed by atoms with E-state index >= 15 is 0 Å². The van der Waals surface area contributed by atoms with Crippen LogP contribution in [0.2, 0.25) is 0 Å². The molecule has 0 aliphatic carbocycles. The Morgan fingerprint density at radius 3 is 2.65 bits per heavy atom. The molecule has 1 aliphatic heterocycles. The zero-order chi connectivity index (χ0) is 17.7. The third-order valence-electron chi connectivity index (χ3n) is 4.90. The SMILES string of the molecule is COCC1(CNC(=O)c2cn(-c3ccccc3)nc2C)CCNCC1.Cl. The van der Waals surface area contributed by atoms with Crippen molar-refractivity contribution in [2.24, 2.45) is 5.41 Å². The molecular weight excluding hydrogens is 352 g/mol. The van der Waals surface area contributed by atoms with Crippen molar-refractivity contribution >= 4 is 18.3 Å². The Morgan fingerprint density at radius 1 is 1.31 bits per heavy atom. The number of para-hydroxylation sites is 1. The van der Waals surface area contributed by atoms with Gasteiger partial charge in [0.1, 0.15) is 0 Å². The molecule has 1 saturated heterocycles. The molecule has 0 radical (unpaired) electrons. The maximum absolute atomic E-state index is 12.7. The summed E-state index contributed by atoms with van der Waals surface area (Å²) in [5.41, 5.74) is 2.30. The van der Waals surface area contributed by atoms with Crippen LogP contribution in [0, 0.1) is 12.3 Å². The molecule has 0 saturated carbocycles. The standard InChI is InChI=1S/C19H26N4O2.ClH/c1-15-17(12-23(22-15)16-6-4-3-5-7-16)18(24)21-13-19(14-25-2)8-10-20-11-9-19;/h3-7,12,20H,8-11,13-14H2,1-2H3,(H,21,24);1H. The van der Waals surface area contributed by atoms with Crippen LogP contribution in [0.25, 0.3) is 5.69 Å². The highest BCUT2D eigenvalue weighted by atomic mass is 35.5. The molecule has 142 valence electrons. The number of hydrogen-bond acceptors (Lipinski definition) is 4. The summed E-state index contributed by atoms with van der Waals surface area (Å²) in [5, 5.41) is 10.9. The van der Waals surface area contributed by atoms with E-state index in [0.717, 1.165) is 37.3 Å². The van der Waals surface area contributed by atoms with Crippen molar-refractivity contribution in [1.29, 1.82) is 0 Å². The van der Waals surface area contributed by atoms with Crippen LogP contribution in [-0.4, -0.2) is 49.0 Å². The predicted octanol–water partition coefficient (Wildman–Crippen LogP) is 2.35. The van der Waals surface area contributed by atoms with Crippen molar-refractivity contribution < 1.29 is 9.53 Å². The van der Waals surface area contributed by atoms with Gasteiger partial charge in [0, 0.05) is 25.3 Å². The molecule has 0 atom stereocenters. The van der Waals surface area contributed by atoms with Crippen LogP contribution in [0.3, 0.4) is 0 Å². The Labute approximate surface area is 160 Å². The predicted molar refractivity (Wildman–Crippen MR) is 104 cm³/mol. The molecule has 0 bridgehead atoms. The summed E-state index contributed by atoms with van der Waals surface area (Å²) in [7, 11) is 1.72. The Morgan fingerprint density at radius 2 is 2.00 bits per heavy atom. The van der Waals surface area contributed by atoms with Crippen molar-refractivity contribution in [3.05, 3.63) is 47.8 Å². The smallest absolute Gasteiger partial charge is 0.254 e. The van der Waals surface area contributed by atoms with Crippen molar-refractivity contribution in [3.8, 4) is 5.69 Å². The van der Waals surface area contributed by atoms with Gasteiger partial charge in [-0.15, -0.1) is 12.4 Å². The van der Waals surface area contributed by atoms with Gasteiger partial charge in [-0.1, -0.05) is 18.2 Å². The average molecular weight is 379 g/mol. The van der Waals surface area contributed by atoms with Crippen molar-refractivity contribution in [3.63, 3.8) is 0 Å². The summed E-state index contributed by atoms with van der Waals surface area (Å²) in [5.74, 6) is -0.0753. The molecule has 1 amide bonds. The second-order valence-electron chi connectivity index (χ2n) is 6.77. The Balaban J connectivity index is 0.00000243. The van der Waals surface area contributed by atoms with E-state index in [2.05, 4.69) is 15.7 Å². The minimum Gasteiger partial charge on any atom is -0.384 e. The lowest BCUT2D eigenvalue weighted by atomic mass is 9.79. The van der Waals surface area contributed by atoms with Crippen LogP contribution < -0.4 is 10.6 Å². The maximum atomic E-state index is 12.7. The molecule has 1 fully saturated rings. The van der Waals surface area contributed by atoms with Crippen LogP contribution >= 0.6 is 12.4 Å². The first-order chi connectivity index (χ1) is 12.1. The molecule has 0 unspecified atom stereocenters. The van der Waals surface area contributed by atoms with Gasteiger partial charge in [-0.25, -0.2) is 4.68 Å². The third kappa shape index (κ3) is 4.63. The lowest BCUT2D eigenvalue weighted by Gasteiger charge is -2.37. The number of aryl methyl sites for hydroxylation is 1. The number of hydrogen-bond donors (Lipinski definition) is 2. The number of rotatable bonds is 6. The van der Waals surface area contributed by atoms with E-state index in [1.165, 1.54) is 0 Å². The molecule has 2 heterocycles. The Hall–Kier alpha value is -1.89. The van der Waals surface area contributed by atoms with Gasteiger partial charge in [-0.2, -0.15) is 5.10 Å². The lowest BCUT2D eigenvalue weighted by Crippen LogP contribution is -2.47. The Kier molecular flexibility index (Phi) is 7.20. The molecule has 2 N–H and O–H groups in total. The number of nitrogens with one attached hydrogen (secondary N) is 2. The minimum absolute atomic E-state index is 0. The van der Waals surface area contributed by atoms with Crippen molar-refractivity contribution in [2.75, 3.05) is 33.4 Å². The summed E-state index contributed by atoms with van der Waals surface area (Å²) in [6.45, 7) is 5.08. The van der Waals surface area contributed by atoms with Gasteiger partial charge in [-0.05, 0) is 45.0 Å². The zero-order valence-electron chi connectivity index (χ0n) is 15.3. The van der Waals surface area contributed by atoms with E-state index in [9.17, 15) is 4.79 Å². The summed E-state index contributed by atoms with van der Waals surface area (Å²) in [6.07, 6.45) is 3.80. The summed E-state index contributed by atoms with van der Waals surface area (Å²) in [4.78, 5) is 12.7. The number of nitrogens with zero attached hydrogens (tertiary/aromatic N) is 2. The quantitative estimate of drug-likeness (QED) is 0.809. The average Bonchev–Trinajstić information content (AvgIpc) is 3.03. The van der Waals surface area contributed by atoms with Crippen LogP contribution in [0.4, 0.5) is 0 Å². The van der Waals surface area contributed by atoms with E-state index in [-0.39, 0.29) is 23.7 Å². The van der Waals surface area contributed by atoms with Gasteiger partial charge in [0.2, 0.25) is 0 Å². The largest absolute Gasteiger partial charge is 0.384 e. The van der Waals surface area contributed by atoms with E-state index in [1.807, 2.05) is 37.3 Å². The van der Waals surface area contributed by atoms with E-state index in [4.69, 9.17) is 4.74 Å². The number of carbonyl (C=O) groups excluding carboxylic acids is 1. The van der Waals surface area contributed by atoms with Gasteiger partial charge in [0.25, 0.3) is 5.91 Å². The number of carbonyl (C=O) groups is 1. The third-order valence-corrected chi connectivity index (χ3v) is 4.90. The van der Waals surface area contributed by atoms with Crippen LogP contribution in [0.1, 0.15) is 28.9 Å². The summed E-state index contributed by atoms with van der Waals surface area (Å²) in [6, 6.07) is 9.81. The Bertz CT molecular complexity index is 706. The number of aromatic nitrogens is 2. The highest BCUT2D eigenvalue weighted by molar-refractivity contribution is 5.95. The van der Waals surface area contributed by atoms with Gasteiger partial charge in [0.15, 0.2) is 0 Å². The van der Waals surface area contributed by atoms with Crippen LogP contribution in [-0.2, 0) is 4.74 Å². The first-order valence-electron chi connectivity index (χ1n) is 8.73. The summed E-state index contributed by atoms with van der Waals surface area (Å²) < 4.78 is 7.16. The van der Waals surface area contributed by atoms with Gasteiger partial charge >= 0.3 is 0 Å². The number of methoxy groups -OCH3 is 1. The second kappa shape index (κ2) is 9.16. The fourth-order valence-electron chi connectivity index (χ4n) is 3.39.